The summed E-state index contributed by atoms with van der Waals surface area (Å²) in [6.07, 6.45) is 6.91. The van der Waals surface area contributed by atoms with Crippen molar-refractivity contribution in [2.24, 2.45) is 0 Å². The van der Waals surface area contributed by atoms with E-state index in [0.29, 0.717) is 0 Å². The average molecular weight is 324 g/mol. The Kier molecular flexibility index (Phi) is 5.02. The summed E-state index contributed by atoms with van der Waals surface area (Å²) in [7, 11) is 1.63. The molecule has 1 saturated heterocycles. The molecule has 0 radical (unpaired) electrons. The predicted molar refractivity (Wildman–Crippen MR) is 80.2 cm³/mol. The second-order valence-electron chi connectivity index (χ2n) is 4.61. The Morgan fingerprint density at radius 2 is 2.05 bits per heavy atom. The summed E-state index contributed by atoms with van der Waals surface area (Å²) >= 11 is 3.42. The normalized spacial score (nSPS) is 15.8. The van der Waals surface area contributed by atoms with Crippen molar-refractivity contribution in [2.45, 2.75) is 19.3 Å². The van der Waals surface area contributed by atoms with Crippen LogP contribution in [0.5, 0.6) is 5.75 Å². The van der Waals surface area contributed by atoms with Gasteiger partial charge in [-0.3, -0.25) is 4.79 Å². The Balaban J connectivity index is 2.08. The summed E-state index contributed by atoms with van der Waals surface area (Å²) in [4.78, 5) is 13.9. The van der Waals surface area contributed by atoms with E-state index >= 15 is 0 Å². The van der Waals surface area contributed by atoms with Crippen LogP contribution in [0.4, 0.5) is 0 Å². The highest BCUT2D eigenvalue weighted by Gasteiger charge is 2.13. The number of carbonyl (C=O) groups is 1. The fourth-order valence-electron chi connectivity index (χ4n) is 2.22. The van der Waals surface area contributed by atoms with E-state index in [2.05, 4.69) is 15.9 Å². The predicted octanol–water partition coefficient (Wildman–Crippen LogP) is 3.48. The van der Waals surface area contributed by atoms with Crippen molar-refractivity contribution in [2.75, 3.05) is 20.2 Å². The van der Waals surface area contributed by atoms with Gasteiger partial charge in [-0.2, -0.15) is 0 Å². The quantitative estimate of drug-likeness (QED) is 0.797. The van der Waals surface area contributed by atoms with E-state index in [4.69, 9.17) is 4.74 Å². The molecule has 102 valence electrons. The standard InChI is InChI=1S/C15H18BrNO2/c1-19-14-7-6-13(16)11-12(14)5-8-15(18)17-9-3-2-4-10-17/h5-8,11H,2-4,9-10H2,1H3. The summed E-state index contributed by atoms with van der Waals surface area (Å²) in [5.74, 6) is 0.854. The second kappa shape index (κ2) is 6.75. The third-order valence-electron chi connectivity index (χ3n) is 3.26. The zero-order chi connectivity index (χ0) is 13.7. The first-order chi connectivity index (χ1) is 9.20. The van der Waals surface area contributed by atoms with Gasteiger partial charge in [0.25, 0.3) is 0 Å². The first-order valence-electron chi connectivity index (χ1n) is 6.51. The summed E-state index contributed by atoms with van der Waals surface area (Å²) in [5, 5.41) is 0. The molecule has 1 amide bonds. The number of likely N-dealkylation sites (tertiary alicyclic amines) is 1. The molecule has 1 aromatic carbocycles. The highest BCUT2D eigenvalue weighted by molar-refractivity contribution is 9.10. The molecule has 1 aromatic rings. The highest BCUT2D eigenvalue weighted by atomic mass is 79.9. The second-order valence-corrected chi connectivity index (χ2v) is 5.52. The fraction of sp³-hybridized carbons (Fsp3) is 0.400. The Bertz CT molecular complexity index is 479. The van der Waals surface area contributed by atoms with Crippen LogP contribution in [0.25, 0.3) is 6.08 Å². The maximum Gasteiger partial charge on any atom is 0.246 e. The summed E-state index contributed by atoms with van der Waals surface area (Å²) < 4.78 is 6.25. The smallest absolute Gasteiger partial charge is 0.246 e. The Hall–Kier alpha value is -1.29. The molecule has 0 saturated carbocycles. The average Bonchev–Trinajstić information content (AvgIpc) is 2.46. The molecular formula is C15H18BrNO2. The number of carbonyl (C=O) groups excluding carboxylic acids is 1. The number of benzene rings is 1. The topological polar surface area (TPSA) is 29.5 Å². The monoisotopic (exact) mass is 323 g/mol. The van der Waals surface area contributed by atoms with Crippen LogP contribution in [0.15, 0.2) is 28.7 Å². The lowest BCUT2D eigenvalue weighted by atomic mass is 10.1. The van der Waals surface area contributed by atoms with Gasteiger partial charge in [0.2, 0.25) is 5.91 Å². The maximum absolute atomic E-state index is 12.0. The molecule has 0 atom stereocenters. The first kappa shape index (κ1) is 14.1. The van der Waals surface area contributed by atoms with Gasteiger partial charge < -0.3 is 9.64 Å². The van der Waals surface area contributed by atoms with E-state index in [1.807, 2.05) is 29.2 Å². The number of rotatable bonds is 3. The molecule has 0 bridgehead atoms. The van der Waals surface area contributed by atoms with E-state index in [1.54, 1.807) is 13.2 Å². The minimum Gasteiger partial charge on any atom is -0.496 e. The molecule has 4 heteroatoms. The Morgan fingerprint density at radius 1 is 1.32 bits per heavy atom. The maximum atomic E-state index is 12.0. The van der Waals surface area contributed by atoms with Crippen LogP contribution in [-0.2, 0) is 4.79 Å². The van der Waals surface area contributed by atoms with Crippen LogP contribution in [-0.4, -0.2) is 31.0 Å². The van der Waals surface area contributed by atoms with Crippen molar-refractivity contribution < 1.29 is 9.53 Å². The van der Waals surface area contributed by atoms with Crippen LogP contribution < -0.4 is 4.74 Å². The van der Waals surface area contributed by atoms with E-state index in [0.717, 1.165) is 41.7 Å². The fourth-order valence-corrected chi connectivity index (χ4v) is 2.60. The molecule has 0 spiro atoms. The summed E-state index contributed by atoms with van der Waals surface area (Å²) in [6.45, 7) is 1.75. The number of halogens is 1. The van der Waals surface area contributed by atoms with Crippen LogP contribution in [0.3, 0.4) is 0 Å². The first-order valence-corrected chi connectivity index (χ1v) is 7.30. The van der Waals surface area contributed by atoms with Crippen LogP contribution >= 0.6 is 15.9 Å². The molecule has 3 nitrogen and oxygen atoms in total. The minimum absolute atomic E-state index is 0.0849. The van der Waals surface area contributed by atoms with E-state index in [9.17, 15) is 4.79 Å². The molecule has 0 aromatic heterocycles. The van der Waals surface area contributed by atoms with Crippen molar-refractivity contribution in [3.63, 3.8) is 0 Å². The van der Waals surface area contributed by atoms with Crippen molar-refractivity contribution in [3.8, 4) is 5.75 Å². The van der Waals surface area contributed by atoms with Gasteiger partial charge in [0, 0.05) is 29.2 Å². The van der Waals surface area contributed by atoms with Gasteiger partial charge in [0.15, 0.2) is 0 Å². The lowest BCUT2D eigenvalue weighted by molar-refractivity contribution is -0.126. The molecule has 0 aliphatic carbocycles. The van der Waals surface area contributed by atoms with Crippen molar-refractivity contribution in [1.82, 2.24) is 4.90 Å². The van der Waals surface area contributed by atoms with Gasteiger partial charge in [-0.1, -0.05) is 15.9 Å². The third-order valence-corrected chi connectivity index (χ3v) is 3.76. The number of hydrogen-bond acceptors (Lipinski definition) is 2. The van der Waals surface area contributed by atoms with E-state index in [-0.39, 0.29) is 5.91 Å². The molecule has 1 aliphatic heterocycles. The number of hydrogen-bond donors (Lipinski definition) is 0. The molecule has 1 heterocycles. The number of methoxy groups -OCH3 is 1. The summed E-state index contributed by atoms with van der Waals surface area (Å²) in [5.41, 5.74) is 0.905. The largest absolute Gasteiger partial charge is 0.496 e. The zero-order valence-electron chi connectivity index (χ0n) is 11.1. The Labute approximate surface area is 122 Å². The van der Waals surface area contributed by atoms with E-state index in [1.165, 1.54) is 6.42 Å². The summed E-state index contributed by atoms with van der Waals surface area (Å²) in [6, 6.07) is 5.75. The minimum atomic E-state index is 0.0849. The number of piperidine rings is 1. The van der Waals surface area contributed by atoms with Crippen LogP contribution in [0.1, 0.15) is 24.8 Å². The van der Waals surface area contributed by atoms with Gasteiger partial charge in [0.1, 0.15) is 5.75 Å². The molecule has 19 heavy (non-hydrogen) atoms. The molecule has 1 aliphatic rings. The highest BCUT2D eigenvalue weighted by Crippen LogP contribution is 2.24. The van der Waals surface area contributed by atoms with Gasteiger partial charge in [-0.25, -0.2) is 0 Å². The van der Waals surface area contributed by atoms with Crippen molar-refractivity contribution in [3.05, 3.63) is 34.3 Å². The van der Waals surface area contributed by atoms with Crippen molar-refractivity contribution >= 4 is 27.9 Å². The molecule has 0 unspecified atom stereocenters. The number of ether oxygens (including phenoxy) is 1. The molecule has 2 rings (SSSR count). The molecule has 0 N–H and O–H groups in total. The van der Waals surface area contributed by atoms with Gasteiger partial charge in [-0.05, 0) is 43.5 Å². The SMILES string of the molecule is COc1ccc(Br)cc1C=CC(=O)N1CCCCC1. The van der Waals surface area contributed by atoms with Gasteiger partial charge in [-0.15, -0.1) is 0 Å². The zero-order valence-corrected chi connectivity index (χ0v) is 12.6. The number of amides is 1. The van der Waals surface area contributed by atoms with E-state index < -0.39 is 0 Å². The van der Waals surface area contributed by atoms with Crippen LogP contribution in [0, 0.1) is 0 Å². The lowest BCUT2D eigenvalue weighted by Gasteiger charge is -2.25. The van der Waals surface area contributed by atoms with Gasteiger partial charge >= 0.3 is 0 Å². The molecule has 1 fully saturated rings. The van der Waals surface area contributed by atoms with Crippen molar-refractivity contribution in [1.29, 1.82) is 0 Å². The van der Waals surface area contributed by atoms with Gasteiger partial charge in [0.05, 0.1) is 7.11 Å². The lowest BCUT2D eigenvalue weighted by Crippen LogP contribution is -2.34. The third kappa shape index (κ3) is 3.83. The number of nitrogens with zero attached hydrogens (tertiary/aromatic N) is 1. The van der Waals surface area contributed by atoms with Crippen LogP contribution in [0.2, 0.25) is 0 Å². The molecular weight excluding hydrogens is 306 g/mol. The Morgan fingerprint density at radius 3 is 2.74 bits per heavy atom.